The van der Waals surface area contributed by atoms with Crippen LogP contribution in [-0.2, 0) is 4.79 Å². The van der Waals surface area contributed by atoms with Gasteiger partial charge in [0, 0.05) is 11.9 Å². The molecule has 3 aromatic rings. The summed E-state index contributed by atoms with van der Waals surface area (Å²) in [5.41, 5.74) is 0.950. The highest BCUT2D eigenvalue weighted by Crippen LogP contribution is 2.29. The molecule has 0 aliphatic heterocycles. The van der Waals surface area contributed by atoms with Gasteiger partial charge in [-0.3, -0.25) is 4.79 Å². The molecule has 2 aromatic carbocycles. The molecule has 0 radical (unpaired) electrons. The number of para-hydroxylation sites is 1. The summed E-state index contributed by atoms with van der Waals surface area (Å²) in [6.45, 7) is 1.96. The van der Waals surface area contributed by atoms with Gasteiger partial charge < -0.3 is 4.90 Å². The molecular weight excluding hydrogens is 343 g/mol. The quantitative estimate of drug-likeness (QED) is 0.616. The van der Waals surface area contributed by atoms with Gasteiger partial charge in [-0.25, -0.2) is 9.37 Å². The van der Waals surface area contributed by atoms with Gasteiger partial charge in [-0.15, -0.1) is 23.1 Å². The second kappa shape index (κ2) is 7.32. The summed E-state index contributed by atoms with van der Waals surface area (Å²) in [5.74, 6) is -0.140. The largest absolute Gasteiger partial charge is 0.336 e. The van der Waals surface area contributed by atoms with Crippen LogP contribution in [0, 0.1) is 5.82 Å². The smallest absolute Gasteiger partial charge is 0.233 e. The molecule has 6 heteroatoms. The molecule has 1 atom stereocenters. The minimum atomic E-state index is -0.294. The van der Waals surface area contributed by atoms with Gasteiger partial charge in [0.2, 0.25) is 5.91 Å². The van der Waals surface area contributed by atoms with Gasteiger partial charge in [0.25, 0.3) is 0 Å². The van der Waals surface area contributed by atoms with Crippen molar-refractivity contribution in [3.8, 4) is 0 Å². The predicted molar refractivity (Wildman–Crippen MR) is 97.9 cm³/mol. The number of fused-ring (bicyclic) bond motifs is 1. The lowest BCUT2D eigenvalue weighted by atomic mass is 10.3. The molecule has 0 fully saturated rings. The number of amides is 1. The summed E-state index contributed by atoms with van der Waals surface area (Å²) in [4.78, 5) is 19.2. The van der Waals surface area contributed by atoms with Gasteiger partial charge >= 0.3 is 0 Å². The van der Waals surface area contributed by atoms with Crippen LogP contribution in [0.1, 0.15) is 18.0 Å². The number of halogens is 1. The van der Waals surface area contributed by atoms with E-state index >= 15 is 0 Å². The van der Waals surface area contributed by atoms with Crippen LogP contribution < -0.4 is 0 Å². The molecule has 124 valence electrons. The third kappa shape index (κ3) is 3.60. The Hall–Kier alpha value is -1.92. The maximum Gasteiger partial charge on any atom is 0.233 e. The van der Waals surface area contributed by atoms with Crippen LogP contribution in [0.25, 0.3) is 10.2 Å². The Morgan fingerprint density at radius 3 is 2.71 bits per heavy atom. The number of carbonyl (C=O) groups is 1. The van der Waals surface area contributed by atoms with E-state index in [1.54, 1.807) is 41.5 Å². The number of thioether (sulfide) groups is 1. The zero-order valence-corrected chi connectivity index (χ0v) is 15.0. The van der Waals surface area contributed by atoms with Crippen molar-refractivity contribution in [2.75, 3.05) is 12.8 Å². The minimum Gasteiger partial charge on any atom is -0.336 e. The van der Waals surface area contributed by atoms with E-state index in [1.807, 2.05) is 31.2 Å². The monoisotopic (exact) mass is 360 g/mol. The number of rotatable bonds is 5. The highest BCUT2D eigenvalue weighted by Gasteiger charge is 2.21. The van der Waals surface area contributed by atoms with E-state index in [0.29, 0.717) is 4.90 Å². The van der Waals surface area contributed by atoms with Crippen LogP contribution in [0.2, 0.25) is 0 Å². The summed E-state index contributed by atoms with van der Waals surface area (Å²) in [5, 5.41) is 0.906. The average molecular weight is 360 g/mol. The first-order valence-electron chi connectivity index (χ1n) is 7.54. The lowest BCUT2D eigenvalue weighted by Gasteiger charge is -2.23. The second-order valence-electron chi connectivity index (χ2n) is 5.42. The zero-order valence-electron chi connectivity index (χ0n) is 13.4. The summed E-state index contributed by atoms with van der Waals surface area (Å²) in [6, 6.07) is 14.3. The topological polar surface area (TPSA) is 33.2 Å². The molecule has 24 heavy (non-hydrogen) atoms. The third-order valence-electron chi connectivity index (χ3n) is 3.83. The van der Waals surface area contributed by atoms with Crippen molar-refractivity contribution >= 4 is 39.2 Å². The molecule has 0 N–H and O–H groups in total. The number of carbonyl (C=O) groups excluding carboxylic acids is 1. The first-order valence-corrected chi connectivity index (χ1v) is 9.35. The number of hydrogen-bond acceptors (Lipinski definition) is 4. The minimum absolute atomic E-state index is 0.0463. The average Bonchev–Trinajstić information content (AvgIpc) is 3.03. The molecule has 0 aliphatic carbocycles. The van der Waals surface area contributed by atoms with E-state index in [9.17, 15) is 9.18 Å². The number of nitrogens with zero attached hydrogens (tertiary/aromatic N) is 2. The van der Waals surface area contributed by atoms with Crippen molar-refractivity contribution in [3.63, 3.8) is 0 Å². The molecule has 0 spiro atoms. The fraction of sp³-hybridized carbons (Fsp3) is 0.222. The summed E-state index contributed by atoms with van der Waals surface area (Å²) < 4.78 is 14.7. The van der Waals surface area contributed by atoms with Gasteiger partial charge in [0.15, 0.2) is 0 Å². The van der Waals surface area contributed by atoms with Crippen molar-refractivity contribution in [2.45, 2.75) is 17.9 Å². The fourth-order valence-corrected chi connectivity index (χ4v) is 4.18. The summed E-state index contributed by atoms with van der Waals surface area (Å²) in [6.07, 6.45) is 0. The molecular formula is C18H17FN2OS2. The molecule has 0 bridgehead atoms. The van der Waals surface area contributed by atoms with Gasteiger partial charge in [-0.2, -0.15) is 0 Å². The van der Waals surface area contributed by atoms with E-state index in [1.165, 1.54) is 17.8 Å². The fourth-order valence-electron chi connectivity index (χ4n) is 2.25. The van der Waals surface area contributed by atoms with E-state index in [2.05, 4.69) is 4.98 Å². The van der Waals surface area contributed by atoms with Crippen molar-refractivity contribution in [1.82, 2.24) is 9.88 Å². The van der Waals surface area contributed by atoms with Crippen molar-refractivity contribution in [2.24, 2.45) is 0 Å². The third-order valence-corrected chi connectivity index (χ3v) is 6.07. The van der Waals surface area contributed by atoms with E-state index in [-0.39, 0.29) is 23.5 Å². The van der Waals surface area contributed by atoms with Gasteiger partial charge in [-0.1, -0.05) is 24.3 Å². The van der Waals surface area contributed by atoms with Gasteiger partial charge in [-0.05, 0) is 31.2 Å². The van der Waals surface area contributed by atoms with Gasteiger partial charge in [0.05, 0.1) is 22.0 Å². The van der Waals surface area contributed by atoms with Gasteiger partial charge in [0.1, 0.15) is 10.8 Å². The first-order chi connectivity index (χ1) is 11.6. The maximum absolute atomic E-state index is 13.6. The van der Waals surface area contributed by atoms with Crippen molar-refractivity contribution in [3.05, 3.63) is 59.4 Å². The standard InChI is InChI=1S/C18H17FN2OS2/c1-12(18-20-14-8-4-6-10-16(14)24-18)21(2)17(22)11-23-15-9-5-3-7-13(15)19/h3-10,12H,11H2,1-2H3/t12-/m1/s1. The Morgan fingerprint density at radius 2 is 1.96 bits per heavy atom. The Kier molecular flexibility index (Phi) is 5.16. The molecule has 1 amide bonds. The molecule has 0 aliphatic rings. The second-order valence-corrected chi connectivity index (χ2v) is 7.50. The predicted octanol–water partition coefficient (Wildman–Crippen LogP) is 4.75. The summed E-state index contributed by atoms with van der Waals surface area (Å²) in [7, 11) is 1.76. The van der Waals surface area contributed by atoms with E-state index < -0.39 is 0 Å². The first kappa shape index (κ1) is 16.9. The number of hydrogen-bond donors (Lipinski definition) is 0. The molecule has 3 rings (SSSR count). The highest BCUT2D eigenvalue weighted by atomic mass is 32.2. The number of benzene rings is 2. The molecule has 0 unspecified atom stereocenters. The maximum atomic E-state index is 13.6. The zero-order chi connectivity index (χ0) is 17.1. The van der Waals surface area contributed by atoms with Crippen molar-refractivity contribution in [1.29, 1.82) is 0 Å². The SMILES string of the molecule is C[C@H](c1nc2ccccc2s1)N(C)C(=O)CSc1ccccc1F. The number of aromatic nitrogens is 1. The normalized spacial score (nSPS) is 12.3. The highest BCUT2D eigenvalue weighted by molar-refractivity contribution is 8.00. The van der Waals surface area contributed by atoms with Crippen LogP contribution in [0.15, 0.2) is 53.4 Å². The van der Waals surface area contributed by atoms with Crippen LogP contribution in [0.3, 0.4) is 0 Å². The lowest BCUT2D eigenvalue weighted by Crippen LogP contribution is -2.31. The Bertz CT molecular complexity index is 832. The van der Waals surface area contributed by atoms with Crippen LogP contribution in [0.4, 0.5) is 4.39 Å². The van der Waals surface area contributed by atoms with Crippen molar-refractivity contribution < 1.29 is 9.18 Å². The van der Waals surface area contributed by atoms with E-state index in [4.69, 9.17) is 0 Å². The van der Waals surface area contributed by atoms with E-state index in [0.717, 1.165) is 15.2 Å². The molecule has 0 saturated carbocycles. The lowest BCUT2D eigenvalue weighted by molar-refractivity contribution is -0.128. The Balaban J connectivity index is 1.67. The Labute approximate surface area is 148 Å². The van der Waals surface area contributed by atoms with Crippen LogP contribution in [-0.4, -0.2) is 28.6 Å². The van der Waals surface area contributed by atoms with Crippen LogP contribution in [0.5, 0.6) is 0 Å². The molecule has 1 aromatic heterocycles. The Morgan fingerprint density at radius 1 is 1.25 bits per heavy atom. The van der Waals surface area contributed by atoms with Crippen LogP contribution >= 0.6 is 23.1 Å². The molecule has 3 nitrogen and oxygen atoms in total. The molecule has 1 heterocycles. The number of thiazole rings is 1. The summed E-state index contributed by atoms with van der Waals surface area (Å²) >= 11 is 2.81. The molecule has 0 saturated heterocycles.